The number of hydrogen-bond acceptors (Lipinski definition) is 2. The van der Waals surface area contributed by atoms with Crippen molar-refractivity contribution in [1.29, 1.82) is 0 Å². The van der Waals surface area contributed by atoms with Crippen LogP contribution >= 0.6 is 0 Å². The fourth-order valence-electron chi connectivity index (χ4n) is 1.20. The van der Waals surface area contributed by atoms with Crippen molar-refractivity contribution in [3.05, 3.63) is 48.0 Å². The standard InChI is InChI=1S/C9H14N2.C2H4/c1-6-3-4-8(9(10)11)7(2)5-6;1-2/h3-5,9H,10-11H2,1-2H3;1-2H2. The van der Waals surface area contributed by atoms with E-state index in [0.29, 0.717) is 0 Å². The smallest absolute Gasteiger partial charge is 0.0787 e. The molecule has 0 fully saturated rings. The van der Waals surface area contributed by atoms with Crippen LogP contribution in [0.1, 0.15) is 22.9 Å². The predicted octanol–water partition coefficient (Wildman–Crippen LogP) is 2.02. The maximum Gasteiger partial charge on any atom is 0.0787 e. The first-order chi connectivity index (χ1) is 6.11. The van der Waals surface area contributed by atoms with Gasteiger partial charge in [0.25, 0.3) is 0 Å². The molecule has 72 valence electrons. The predicted molar refractivity (Wildman–Crippen MR) is 58.3 cm³/mol. The molecule has 4 N–H and O–H groups in total. The zero-order valence-electron chi connectivity index (χ0n) is 8.38. The number of nitrogens with two attached hydrogens (primary N) is 2. The molecule has 13 heavy (non-hydrogen) atoms. The third-order valence-corrected chi connectivity index (χ3v) is 1.78. The highest BCUT2D eigenvalue weighted by atomic mass is 14.8. The number of benzene rings is 1. The van der Waals surface area contributed by atoms with Crippen molar-refractivity contribution in [3.8, 4) is 0 Å². The van der Waals surface area contributed by atoms with Crippen molar-refractivity contribution in [2.45, 2.75) is 20.0 Å². The lowest BCUT2D eigenvalue weighted by molar-refractivity contribution is 0.766. The lowest BCUT2D eigenvalue weighted by atomic mass is 10.0. The molecule has 0 aliphatic rings. The van der Waals surface area contributed by atoms with E-state index in [1.165, 1.54) is 11.1 Å². The fourth-order valence-corrected chi connectivity index (χ4v) is 1.20. The maximum atomic E-state index is 5.54. The monoisotopic (exact) mass is 178 g/mol. The Morgan fingerprint density at radius 2 is 1.69 bits per heavy atom. The quantitative estimate of drug-likeness (QED) is 0.510. The molecule has 0 saturated heterocycles. The third kappa shape index (κ3) is 3.40. The minimum absolute atomic E-state index is 0.351. The second-order valence-electron chi connectivity index (χ2n) is 2.89. The van der Waals surface area contributed by atoms with Crippen LogP contribution in [-0.2, 0) is 0 Å². The van der Waals surface area contributed by atoms with Crippen LogP contribution in [0.5, 0.6) is 0 Å². The maximum absolute atomic E-state index is 5.54. The first kappa shape index (κ1) is 11.9. The Bertz CT molecular complexity index is 267. The van der Waals surface area contributed by atoms with Crippen LogP contribution < -0.4 is 11.5 Å². The van der Waals surface area contributed by atoms with E-state index in [9.17, 15) is 0 Å². The summed E-state index contributed by atoms with van der Waals surface area (Å²) in [5, 5.41) is 0. The molecular formula is C11H18N2. The van der Waals surface area contributed by atoms with Crippen molar-refractivity contribution < 1.29 is 0 Å². The van der Waals surface area contributed by atoms with Crippen LogP contribution in [0.25, 0.3) is 0 Å². The second-order valence-corrected chi connectivity index (χ2v) is 2.89. The van der Waals surface area contributed by atoms with Crippen molar-refractivity contribution >= 4 is 0 Å². The minimum Gasteiger partial charge on any atom is -0.312 e. The molecule has 2 nitrogen and oxygen atoms in total. The van der Waals surface area contributed by atoms with Gasteiger partial charge in [0.2, 0.25) is 0 Å². The highest BCUT2D eigenvalue weighted by Crippen LogP contribution is 2.13. The van der Waals surface area contributed by atoms with Crippen molar-refractivity contribution in [1.82, 2.24) is 0 Å². The molecule has 0 atom stereocenters. The van der Waals surface area contributed by atoms with E-state index in [4.69, 9.17) is 11.5 Å². The van der Waals surface area contributed by atoms with Crippen molar-refractivity contribution in [2.75, 3.05) is 0 Å². The average molecular weight is 178 g/mol. The van der Waals surface area contributed by atoms with Gasteiger partial charge in [-0.3, -0.25) is 0 Å². The third-order valence-electron chi connectivity index (χ3n) is 1.78. The van der Waals surface area contributed by atoms with Gasteiger partial charge in [0.05, 0.1) is 6.17 Å². The Morgan fingerprint density at radius 1 is 1.15 bits per heavy atom. The molecule has 0 aromatic heterocycles. The summed E-state index contributed by atoms with van der Waals surface area (Å²) < 4.78 is 0. The zero-order valence-corrected chi connectivity index (χ0v) is 8.38. The second kappa shape index (κ2) is 5.51. The van der Waals surface area contributed by atoms with E-state index in [1.807, 2.05) is 19.1 Å². The topological polar surface area (TPSA) is 52.0 Å². The van der Waals surface area contributed by atoms with Gasteiger partial charge in [0.15, 0.2) is 0 Å². The van der Waals surface area contributed by atoms with Crippen LogP contribution in [0.4, 0.5) is 0 Å². The summed E-state index contributed by atoms with van der Waals surface area (Å²) in [6.07, 6.45) is -0.351. The fraction of sp³-hybridized carbons (Fsp3) is 0.273. The van der Waals surface area contributed by atoms with Gasteiger partial charge in [0, 0.05) is 0 Å². The minimum atomic E-state index is -0.351. The number of rotatable bonds is 1. The van der Waals surface area contributed by atoms with Gasteiger partial charge >= 0.3 is 0 Å². The largest absolute Gasteiger partial charge is 0.312 e. The van der Waals surface area contributed by atoms with Gasteiger partial charge in [-0.1, -0.05) is 23.8 Å². The van der Waals surface area contributed by atoms with Gasteiger partial charge in [-0.05, 0) is 25.0 Å². The van der Waals surface area contributed by atoms with Crippen LogP contribution in [0, 0.1) is 13.8 Å². The van der Waals surface area contributed by atoms with E-state index < -0.39 is 0 Å². The average Bonchev–Trinajstić information content (AvgIpc) is 2.07. The summed E-state index contributed by atoms with van der Waals surface area (Å²) in [6, 6.07) is 6.09. The summed E-state index contributed by atoms with van der Waals surface area (Å²) in [6.45, 7) is 10.1. The van der Waals surface area contributed by atoms with Gasteiger partial charge in [-0.15, -0.1) is 13.2 Å². The molecular weight excluding hydrogens is 160 g/mol. The normalized spacial score (nSPS) is 9.31. The molecule has 2 heteroatoms. The van der Waals surface area contributed by atoms with E-state index in [0.717, 1.165) is 5.56 Å². The summed E-state index contributed by atoms with van der Waals surface area (Å²) in [4.78, 5) is 0. The lowest BCUT2D eigenvalue weighted by Gasteiger charge is -2.09. The first-order valence-corrected chi connectivity index (χ1v) is 4.19. The zero-order chi connectivity index (χ0) is 10.4. The van der Waals surface area contributed by atoms with Crippen molar-refractivity contribution in [3.63, 3.8) is 0 Å². The Morgan fingerprint density at radius 3 is 2.08 bits per heavy atom. The Hall–Kier alpha value is -1.12. The SMILES string of the molecule is C=C.Cc1ccc(C(N)N)c(C)c1. The number of hydrogen-bond donors (Lipinski definition) is 2. The molecule has 0 radical (unpaired) electrons. The van der Waals surface area contributed by atoms with Crippen LogP contribution in [0.3, 0.4) is 0 Å². The van der Waals surface area contributed by atoms with Crippen LogP contribution in [-0.4, -0.2) is 0 Å². The first-order valence-electron chi connectivity index (χ1n) is 4.19. The van der Waals surface area contributed by atoms with E-state index in [2.05, 4.69) is 26.1 Å². The molecule has 0 spiro atoms. The molecule has 1 aromatic rings. The molecule has 1 aromatic carbocycles. The summed E-state index contributed by atoms with van der Waals surface area (Å²) in [7, 11) is 0. The highest BCUT2D eigenvalue weighted by molar-refractivity contribution is 5.31. The highest BCUT2D eigenvalue weighted by Gasteiger charge is 2.02. The number of aryl methyl sites for hydroxylation is 2. The van der Waals surface area contributed by atoms with Gasteiger partial charge in [-0.25, -0.2) is 0 Å². The van der Waals surface area contributed by atoms with Crippen LogP contribution in [0.2, 0.25) is 0 Å². The molecule has 0 heterocycles. The van der Waals surface area contributed by atoms with Gasteiger partial charge in [-0.2, -0.15) is 0 Å². The molecule has 1 rings (SSSR count). The van der Waals surface area contributed by atoms with Crippen LogP contribution in [0.15, 0.2) is 31.4 Å². The van der Waals surface area contributed by atoms with Gasteiger partial charge in [0.1, 0.15) is 0 Å². The molecule has 0 bridgehead atoms. The molecule has 0 aliphatic carbocycles. The van der Waals surface area contributed by atoms with Gasteiger partial charge < -0.3 is 11.5 Å². The Kier molecular flexibility index (Phi) is 5.04. The summed E-state index contributed by atoms with van der Waals surface area (Å²) in [5.41, 5.74) is 14.5. The van der Waals surface area contributed by atoms with E-state index in [1.54, 1.807) is 0 Å². The van der Waals surface area contributed by atoms with Crippen molar-refractivity contribution in [2.24, 2.45) is 11.5 Å². The molecule has 0 aliphatic heterocycles. The molecule has 0 unspecified atom stereocenters. The summed E-state index contributed by atoms with van der Waals surface area (Å²) in [5.74, 6) is 0. The molecule has 0 amide bonds. The Labute approximate surface area is 80.3 Å². The summed E-state index contributed by atoms with van der Waals surface area (Å²) >= 11 is 0. The Balaban J connectivity index is 0.000000671. The van der Waals surface area contributed by atoms with E-state index >= 15 is 0 Å². The van der Waals surface area contributed by atoms with E-state index in [-0.39, 0.29) is 6.17 Å². The lowest BCUT2D eigenvalue weighted by Crippen LogP contribution is -2.20. The molecule has 0 saturated carbocycles.